The Morgan fingerprint density at radius 2 is 1.48 bits per heavy atom. The molecule has 2 N–H and O–H groups in total. The summed E-state index contributed by atoms with van der Waals surface area (Å²) in [6, 6.07) is 19.4. The van der Waals surface area contributed by atoms with Crippen molar-refractivity contribution in [3.63, 3.8) is 0 Å². The van der Waals surface area contributed by atoms with Crippen LogP contribution in [0.4, 0.5) is 5.69 Å². The summed E-state index contributed by atoms with van der Waals surface area (Å²) in [5, 5.41) is 15.0. The molecule has 13 nitrogen and oxygen atoms in total. The molecule has 13 heteroatoms. The molecular weight excluding hydrogens is 759 g/mol. The summed E-state index contributed by atoms with van der Waals surface area (Å²) in [6.07, 6.45) is 3.00. The zero-order valence-corrected chi connectivity index (χ0v) is 35.0. The fourth-order valence-electron chi connectivity index (χ4n) is 11.2. The highest BCUT2D eigenvalue weighted by Crippen LogP contribution is 2.55. The number of nitriles is 1. The molecule has 6 aliphatic rings. The summed E-state index contributed by atoms with van der Waals surface area (Å²) in [5.74, 6) is -1.24. The van der Waals surface area contributed by atoms with Gasteiger partial charge in [0.15, 0.2) is 0 Å². The summed E-state index contributed by atoms with van der Waals surface area (Å²) in [6.45, 7) is 15.9. The smallest absolute Gasteiger partial charge is 0.262 e. The molecule has 0 aromatic heterocycles. The highest BCUT2D eigenvalue weighted by Gasteiger charge is 2.64. The van der Waals surface area contributed by atoms with Gasteiger partial charge >= 0.3 is 0 Å². The van der Waals surface area contributed by atoms with Crippen molar-refractivity contribution < 1.29 is 28.7 Å². The van der Waals surface area contributed by atoms with Crippen molar-refractivity contribution in [2.24, 2.45) is 10.8 Å². The number of piperidine rings is 2. The predicted octanol–water partition coefficient (Wildman–Crippen LogP) is 4.80. The van der Waals surface area contributed by atoms with Crippen LogP contribution in [0.2, 0.25) is 0 Å². The lowest BCUT2D eigenvalue weighted by molar-refractivity contribution is -0.164. The Morgan fingerprint density at radius 1 is 0.850 bits per heavy atom. The standard InChI is InChI=1S/C47H53N7O6/c1-6-27-19-35(12-9-29(27)22-48)60-45-46(2,3)44(47(45,4)5)50-40(56)28-7-10-32(11-8-28)51-17-15-33(16-18-51)53-25-34(26-53)52-23-30-20-36-37(21-31(30)24-52)43(59)54(42(36)58)38-13-14-39(55)49-41(38)57/h7-12,19-21,33-34,38,44-45H,6,13-18,23-26H2,1-5H3,(H,50,56)(H,49,55,57)/t38?,44-,45-. The molecule has 3 aromatic carbocycles. The van der Waals surface area contributed by atoms with Crippen LogP contribution in [0.1, 0.15) is 114 Å². The zero-order valence-electron chi connectivity index (χ0n) is 35.0. The van der Waals surface area contributed by atoms with Crippen LogP contribution in [0.15, 0.2) is 54.6 Å². The van der Waals surface area contributed by atoms with E-state index in [0.29, 0.717) is 34.3 Å². The van der Waals surface area contributed by atoms with Gasteiger partial charge in [-0.1, -0.05) is 34.6 Å². The second-order valence-corrected chi connectivity index (χ2v) is 18.7. The molecule has 9 rings (SSSR count). The summed E-state index contributed by atoms with van der Waals surface area (Å²) < 4.78 is 6.53. The molecular formula is C47H53N7O6. The molecule has 0 spiro atoms. The topological polar surface area (TPSA) is 155 Å². The van der Waals surface area contributed by atoms with Gasteiger partial charge in [-0.05, 0) is 97.0 Å². The number of hydrogen-bond acceptors (Lipinski definition) is 10. The van der Waals surface area contributed by atoms with E-state index in [1.807, 2.05) is 49.4 Å². The van der Waals surface area contributed by atoms with Crippen LogP contribution in [0.3, 0.4) is 0 Å². The minimum Gasteiger partial charge on any atom is -0.489 e. The van der Waals surface area contributed by atoms with Gasteiger partial charge in [-0.25, -0.2) is 0 Å². The normalized spacial score (nSPS) is 25.2. The van der Waals surface area contributed by atoms with Crippen molar-refractivity contribution in [2.75, 3.05) is 31.1 Å². The number of carbonyl (C=O) groups excluding carboxylic acids is 5. The maximum absolute atomic E-state index is 13.6. The first-order valence-electron chi connectivity index (χ1n) is 21.4. The van der Waals surface area contributed by atoms with Crippen molar-refractivity contribution in [3.05, 3.63) is 93.5 Å². The molecule has 3 saturated heterocycles. The second-order valence-electron chi connectivity index (χ2n) is 18.7. The number of carbonyl (C=O) groups is 5. The average Bonchev–Trinajstić information content (AvgIpc) is 3.73. The number of likely N-dealkylation sites (tertiary alicyclic amines) is 1. The van der Waals surface area contributed by atoms with Crippen molar-refractivity contribution in [2.45, 2.75) is 110 Å². The van der Waals surface area contributed by atoms with Crippen LogP contribution in [0.25, 0.3) is 0 Å². The number of fused-ring (bicyclic) bond motifs is 2. The molecule has 5 heterocycles. The van der Waals surface area contributed by atoms with Gasteiger partial charge in [0.2, 0.25) is 11.8 Å². The third-order valence-corrected chi connectivity index (χ3v) is 14.3. The Morgan fingerprint density at radius 3 is 2.07 bits per heavy atom. The number of nitrogens with zero attached hydrogens (tertiary/aromatic N) is 5. The van der Waals surface area contributed by atoms with Gasteiger partial charge < -0.3 is 15.0 Å². The van der Waals surface area contributed by atoms with E-state index in [-0.39, 0.29) is 47.6 Å². The monoisotopic (exact) mass is 811 g/mol. The lowest BCUT2D eigenvalue weighted by Crippen LogP contribution is -2.74. The Balaban J connectivity index is 0.739. The van der Waals surface area contributed by atoms with E-state index in [9.17, 15) is 29.2 Å². The molecule has 1 unspecified atom stereocenters. The second kappa shape index (κ2) is 14.9. The molecule has 4 fully saturated rings. The molecule has 5 amide bonds. The van der Waals surface area contributed by atoms with Crippen LogP contribution >= 0.6 is 0 Å². The van der Waals surface area contributed by atoms with E-state index in [2.05, 4.69) is 71.2 Å². The van der Waals surface area contributed by atoms with E-state index in [4.69, 9.17) is 4.74 Å². The number of nitrogens with one attached hydrogen (secondary N) is 2. The number of imide groups is 2. The molecule has 0 bridgehead atoms. The largest absolute Gasteiger partial charge is 0.489 e. The summed E-state index contributed by atoms with van der Waals surface area (Å²) >= 11 is 0. The van der Waals surface area contributed by atoms with Gasteiger partial charge in [0.25, 0.3) is 17.7 Å². The Bertz CT molecular complexity index is 2270. The first-order valence-corrected chi connectivity index (χ1v) is 21.4. The number of aryl methyl sites for hydroxylation is 1. The van der Waals surface area contributed by atoms with Gasteiger partial charge in [0, 0.05) is 85.9 Å². The van der Waals surface area contributed by atoms with Crippen LogP contribution < -0.4 is 20.3 Å². The minimum atomic E-state index is -0.958. The third-order valence-electron chi connectivity index (χ3n) is 14.3. The lowest BCUT2D eigenvalue weighted by atomic mass is 9.49. The van der Waals surface area contributed by atoms with E-state index in [1.54, 1.807) is 0 Å². The van der Waals surface area contributed by atoms with Gasteiger partial charge in [0.1, 0.15) is 17.9 Å². The van der Waals surface area contributed by atoms with Crippen molar-refractivity contribution in [3.8, 4) is 11.8 Å². The number of amides is 5. The number of anilines is 1. The van der Waals surface area contributed by atoms with Gasteiger partial charge in [0.05, 0.1) is 22.8 Å². The Hall–Kier alpha value is -5.58. The molecule has 0 radical (unpaired) electrons. The lowest BCUT2D eigenvalue weighted by Gasteiger charge is -2.63. The summed E-state index contributed by atoms with van der Waals surface area (Å²) in [5.41, 5.74) is 5.57. The molecule has 1 saturated carbocycles. The Kier molecular flexibility index (Phi) is 9.87. The first kappa shape index (κ1) is 39.9. The van der Waals surface area contributed by atoms with E-state index in [1.165, 1.54) is 0 Å². The molecule has 60 heavy (non-hydrogen) atoms. The van der Waals surface area contributed by atoms with Crippen LogP contribution in [-0.4, -0.2) is 101 Å². The van der Waals surface area contributed by atoms with E-state index in [0.717, 1.165) is 91.6 Å². The van der Waals surface area contributed by atoms with Crippen LogP contribution in [-0.2, 0) is 29.1 Å². The predicted molar refractivity (Wildman–Crippen MR) is 223 cm³/mol. The zero-order chi connectivity index (χ0) is 42.2. The molecule has 3 aromatic rings. The average molecular weight is 812 g/mol. The van der Waals surface area contributed by atoms with Crippen molar-refractivity contribution >= 4 is 35.2 Å². The molecule has 312 valence electrons. The molecule has 1 atom stereocenters. The third kappa shape index (κ3) is 6.65. The van der Waals surface area contributed by atoms with Crippen LogP contribution in [0.5, 0.6) is 5.75 Å². The fourth-order valence-corrected chi connectivity index (χ4v) is 11.2. The van der Waals surface area contributed by atoms with Crippen molar-refractivity contribution in [1.29, 1.82) is 5.26 Å². The number of hydrogen-bond donors (Lipinski definition) is 2. The fraction of sp³-hybridized carbons (Fsp3) is 0.489. The highest BCUT2D eigenvalue weighted by molar-refractivity contribution is 6.23. The van der Waals surface area contributed by atoms with Gasteiger partial charge in [-0.3, -0.25) is 44.0 Å². The SMILES string of the molecule is CCc1cc(O[C@H]2C(C)(C)[C@H](NC(=O)c3ccc(N4CCC(N5CC(N6Cc7cc8c(cc7C6)C(=O)N(C6CCC(=O)NC6=O)C8=O)C5)CC4)cc3)C2(C)C)ccc1C#N. The Labute approximate surface area is 351 Å². The maximum atomic E-state index is 13.6. The van der Waals surface area contributed by atoms with Gasteiger partial charge in [-0.15, -0.1) is 0 Å². The van der Waals surface area contributed by atoms with E-state index >= 15 is 0 Å². The number of rotatable bonds is 9. The van der Waals surface area contributed by atoms with Crippen LogP contribution in [0, 0.1) is 22.2 Å². The maximum Gasteiger partial charge on any atom is 0.262 e. The highest BCUT2D eigenvalue weighted by atomic mass is 16.5. The van der Waals surface area contributed by atoms with Gasteiger partial charge in [-0.2, -0.15) is 5.26 Å². The summed E-state index contributed by atoms with van der Waals surface area (Å²) in [7, 11) is 0. The molecule has 1 aliphatic carbocycles. The minimum absolute atomic E-state index is 0.0903. The molecule has 5 aliphatic heterocycles. The van der Waals surface area contributed by atoms with E-state index < -0.39 is 23.8 Å². The van der Waals surface area contributed by atoms with Crippen molar-refractivity contribution in [1.82, 2.24) is 25.3 Å². The number of benzene rings is 3. The summed E-state index contributed by atoms with van der Waals surface area (Å²) in [4.78, 5) is 72.8. The number of ether oxygens (including phenoxy) is 1. The quantitative estimate of drug-likeness (QED) is 0.288. The first-order chi connectivity index (χ1) is 28.7.